The fourth-order valence-electron chi connectivity index (χ4n) is 2.81. The van der Waals surface area contributed by atoms with Gasteiger partial charge in [0.1, 0.15) is 12.7 Å². The molecule has 0 aliphatic carbocycles. The number of hydrogen-bond donors (Lipinski definition) is 1. The Morgan fingerprint density at radius 2 is 2.15 bits per heavy atom. The Morgan fingerprint density at radius 1 is 1.38 bits per heavy atom. The van der Waals surface area contributed by atoms with Gasteiger partial charge in [-0.3, -0.25) is 9.36 Å². The molecule has 1 N–H and O–H groups in total. The van der Waals surface area contributed by atoms with Crippen molar-refractivity contribution < 1.29 is 19.0 Å². The Balaban J connectivity index is 1.48. The first-order valence-corrected chi connectivity index (χ1v) is 8.38. The van der Waals surface area contributed by atoms with Gasteiger partial charge in [0.25, 0.3) is 0 Å². The molecular formula is C17H22N4O5. The maximum atomic E-state index is 12.2. The standard InChI is InChI=1S/C17H22N4O5/c1-20-17(23)21-8-10-26-14(16(21)19-20)11-15(22)18-7-9-25-13-6-4-3-5-12(13)24-2/h3-6,14H,7-11H2,1-2H3,(H,18,22). The monoisotopic (exact) mass is 362 g/mol. The number of fused-ring (bicyclic) bond motifs is 1. The number of carbonyl (C=O) groups is 1. The summed E-state index contributed by atoms with van der Waals surface area (Å²) in [4.78, 5) is 24.1. The highest BCUT2D eigenvalue weighted by atomic mass is 16.5. The summed E-state index contributed by atoms with van der Waals surface area (Å²) < 4.78 is 19.2. The van der Waals surface area contributed by atoms with Crippen LogP contribution in [0.1, 0.15) is 18.3 Å². The summed E-state index contributed by atoms with van der Waals surface area (Å²) in [5, 5.41) is 6.95. The number of benzene rings is 1. The second kappa shape index (κ2) is 8.05. The van der Waals surface area contributed by atoms with Crippen LogP contribution in [0.2, 0.25) is 0 Å². The molecule has 0 bridgehead atoms. The molecule has 1 aliphatic heterocycles. The molecule has 26 heavy (non-hydrogen) atoms. The molecule has 2 heterocycles. The highest BCUT2D eigenvalue weighted by Crippen LogP contribution is 2.25. The Hall–Kier alpha value is -2.81. The van der Waals surface area contributed by atoms with Crippen LogP contribution in [0.15, 0.2) is 29.1 Å². The van der Waals surface area contributed by atoms with E-state index in [-0.39, 0.29) is 18.0 Å². The van der Waals surface area contributed by atoms with Crippen LogP contribution in [0, 0.1) is 0 Å². The van der Waals surface area contributed by atoms with Crippen LogP contribution in [0.5, 0.6) is 11.5 Å². The van der Waals surface area contributed by atoms with E-state index in [4.69, 9.17) is 14.2 Å². The van der Waals surface area contributed by atoms with E-state index < -0.39 is 6.10 Å². The summed E-state index contributed by atoms with van der Waals surface area (Å²) in [5.74, 6) is 1.56. The second-order valence-electron chi connectivity index (χ2n) is 5.83. The second-order valence-corrected chi connectivity index (χ2v) is 5.83. The number of amides is 1. The smallest absolute Gasteiger partial charge is 0.345 e. The number of aryl methyl sites for hydroxylation is 1. The van der Waals surface area contributed by atoms with E-state index in [1.54, 1.807) is 30.9 Å². The first-order chi connectivity index (χ1) is 12.6. The van der Waals surface area contributed by atoms with Gasteiger partial charge in [0.15, 0.2) is 17.3 Å². The highest BCUT2D eigenvalue weighted by Gasteiger charge is 2.27. The van der Waals surface area contributed by atoms with Crippen LogP contribution in [0.3, 0.4) is 0 Å². The Labute approximate surface area is 150 Å². The predicted octanol–water partition coefficient (Wildman–Crippen LogP) is 0.247. The van der Waals surface area contributed by atoms with Crippen molar-refractivity contribution in [3.63, 3.8) is 0 Å². The minimum absolute atomic E-state index is 0.102. The summed E-state index contributed by atoms with van der Waals surface area (Å²) in [6, 6.07) is 7.32. The molecule has 1 unspecified atom stereocenters. The molecule has 2 aromatic rings. The van der Waals surface area contributed by atoms with E-state index in [9.17, 15) is 9.59 Å². The molecule has 1 aromatic carbocycles. The van der Waals surface area contributed by atoms with Crippen molar-refractivity contribution in [2.75, 3.05) is 26.9 Å². The molecule has 1 amide bonds. The Kier molecular flexibility index (Phi) is 5.57. The average Bonchev–Trinajstić information content (AvgIpc) is 2.95. The molecule has 0 fully saturated rings. The molecule has 0 radical (unpaired) electrons. The Bertz CT molecular complexity index is 829. The summed E-state index contributed by atoms with van der Waals surface area (Å²) in [5.41, 5.74) is -0.195. The van der Waals surface area contributed by atoms with Crippen LogP contribution in [0.4, 0.5) is 0 Å². The quantitative estimate of drug-likeness (QED) is 0.709. The largest absolute Gasteiger partial charge is 0.493 e. The SMILES string of the molecule is COc1ccccc1OCCNC(=O)CC1OCCn2c1nn(C)c2=O. The summed E-state index contributed by atoms with van der Waals surface area (Å²) >= 11 is 0. The minimum Gasteiger partial charge on any atom is -0.493 e. The maximum Gasteiger partial charge on any atom is 0.345 e. The third kappa shape index (κ3) is 3.88. The number of ether oxygens (including phenoxy) is 3. The van der Waals surface area contributed by atoms with Crippen LogP contribution >= 0.6 is 0 Å². The molecule has 1 aromatic heterocycles. The summed E-state index contributed by atoms with van der Waals surface area (Å²) in [6.45, 7) is 1.49. The van der Waals surface area contributed by atoms with Crippen LogP contribution < -0.4 is 20.5 Å². The van der Waals surface area contributed by atoms with Crippen LogP contribution in [-0.2, 0) is 23.1 Å². The van der Waals surface area contributed by atoms with E-state index in [2.05, 4.69) is 10.4 Å². The predicted molar refractivity (Wildman–Crippen MR) is 92.3 cm³/mol. The first-order valence-electron chi connectivity index (χ1n) is 8.38. The number of nitrogens with zero attached hydrogens (tertiary/aromatic N) is 3. The lowest BCUT2D eigenvalue weighted by Gasteiger charge is -2.22. The number of para-hydroxylation sites is 2. The highest BCUT2D eigenvalue weighted by molar-refractivity contribution is 5.76. The van der Waals surface area contributed by atoms with Crippen molar-refractivity contribution in [3.8, 4) is 11.5 Å². The van der Waals surface area contributed by atoms with Gasteiger partial charge in [0.05, 0.1) is 33.2 Å². The molecule has 1 atom stereocenters. The van der Waals surface area contributed by atoms with Gasteiger partial charge in [-0.15, -0.1) is 0 Å². The third-order valence-electron chi connectivity index (χ3n) is 4.08. The van der Waals surface area contributed by atoms with Crippen molar-refractivity contribution in [2.24, 2.45) is 7.05 Å². The fraction of sp³-hybridized carbons (Fsp3) is 0.471. The van der Waals surface area contributed by atoms with Crippen molar-refractivity contribution >= 4 is 5.91 Å². The van der Waals surface area contributed by atoms with Gasteiger partial charge in [-0.25, -0.2) is 9.48 Å². The van der Waals surface area contributed by atoms with Gasteiger partial charge in [-0.2, -0.15) is 5.10 Å². The number of rotatable bonds is 7. The number of hydrogen-bond acceptors (Lipinski definition) is 6. The summed E-state index contributed by atoms with van der Waals surface area (Å²) in [6.07, 6.45) is -0.418. The van der Waals surface area contributed by atoms with Gasteiger partial charge < -0.3 is 19.5 Å². The fourth-order valence-corrected chi connectivity index (χ4v) is 2.81. The van der Waals surface area contributed by atoms with E-state index in [0.717, 1.165) is 0 Å². The average molecular weight is 362 g/mol. The van der Waals surface area contributed by atoms with Gasteiger partial charge in [-0.05, 0) is 12.1 Å². The topological polar surface area (TPSA) is 96.6 Å². The van der Waals surface area contributed by atoms with Crippen LogP contribution in [0.25, 0.3) is 0 Å². The molecular weight excluding hydrogens is 340 g/mol. The van der Waals surface area contributed by atoms with Crippen molar-refractivity contribution in [3.05, 3.63) is 40.6 Å². The molecule has 9 heteroatoms. The van der Waals surface area contributed by atoms with E-state index in [1.807, 2.05) is 12.1 Å². The lowest BCUT2D eigenvalue weighted by atomic mass is 10.2. The molecule has 1 aliphatic rings. The van der Waals surface area contributed by atoms with Gasteiger partial charge in [0, 0.05) is 7.05 Å². The molecule has 9 nitrogen and oxygen atoms in total. The molecule has 0 spiro atoms. The number of carbonyl (C=O) groups excluding carboxylic acids is 1. The molecule has 0 saturated heterocycles. The van der Waals surface area contributed by atoms with Crippen LogP contribution in [-0.4, -0.2) is 47.1 Å². The lowest BCUT2D eigenvalue weighted by Crippen LogP contribution is -2.34. The van der Waals surface area contributed by atoms with Crippen molar-refractivity contribution in [1.82, 2.24) is 19.7 Å². The van der Waals surface area contributed by atoms with Crippen molar-refractivity contribution in [2.45, 2.75) is 19.1 Å². The minimum atomic E-state index is -0.521. The van der Waals surface area contributed by atoms with Crippen molar-refractivity contribution in [1.29, 1.82) is 0 Å². The van der Waals surface area contributed by atoms with Gasteiger partial charge in [0.2, 0.25) is 5.91 Å². The molecule has 0 saturated carbocycles. The summed E-state index contributed by atoms with van der Waals surface area (Å²) in [7, 11) is 3.16. The van der Waals surface area contributed by atoms with E-state index in [1.165, 1.54) is 4.68 Å². The maximum absolute atomic E-state index is 12.2. The third-order valence-corrected chi connectivity index (χ3v) is 4.08. The van der Waals surface area contributed by atoms with E-state index in [0.29, 0.717) is 43.6 Å². The Morgan fingerprint density at radius 3 is 2.92 bits per heavy atom. The van der Waals surface area contributed by atoms with Gasteiger partial charge in [-0.1, -0.05) is 12.1 Å². The molecule has 140 valence electrons. The zero-order chi connectivity index (χ0) is 18.5. The zero-order valence-corrected chi connectivity index (χ0v) is 14.8. The van der Waals surface area contributed by atoms with Gasteiger partial charge >= 0.3 is 5.69 Å². The lowest BCUT2D eigenvalue weighted by molar-refractivity contribution is -0.125. The molecule has 3 rings (SSSR count). The number of aromatic nitrogens is 3. The first kappa shape index (κ1) is 18.0. The normalized spacial score (nSPS) is 16.0. The number of methoxy groups -OCH3 is 1. The van der Waals surface area contributed by atoms with E-state index >= 15 is 0 Å². The number of nitrogens with one attached hydrogen (secondary N) is 1. The zero-order valence-electron chi connectivity index (χ0n) is 14.8.